The van der Waals surface area contributed by atoms with Crippen LogP contribution in [-0.4, -0.2) is 61.4 Å². The van der Waals surface area contributed by atoms with Crippen LogP contribution >= 0.6 is 0 Å². The highest BCUT2D eigenvalue weighted by Crippen LogP contribution is 2.22. The molecule has 1 saturated heterocycles. The van der Waals surface area contributed by atoms with Crippen LogP contribution in [0.2, 0.25) is 0 Å². The zero-order valence-electron chi connectivity index (χ0n) is 17.7. The number of rotatable bonds is 5. The van der Waals surface area contributed by atoms with E-state index in [4.69, 9.17) is 0 Å². The van der Waals surface area contributed by atoms with Gasteiger partial charge < -0.3 is 15.5 Å². The van der Waals surface area contributed by atoms with Crippen molar-refractivity contribution in [2.45, 2.75) is 19.9 Å². The largest absolute Gasteiger partial charge is 0.346 e. The molecule has 2 aromatic carbocycles. The van der Waals surface area contributed by atoms with Gasteiger partial charge >= 0.3 is 11.8 Å². The number of aryl methyl sites for hydroxylation is 2. The number of piperazine rings is 1. The number of hydrogen-bond donors (Lipinski definition) is 2. The Labute approximate surface area is 177 Å². The van der Waals surface area contributed by atoms with Gasteiger partial charge in [0.25, 0.3) is 0 Å². The van der Waals surface area contributed by atoms with Crippen molar-refractivity contribution in [2.75, 3.05) is 45.1 Å². The normalized spacial score (nSPS) is 16.1. The first kappa shape index (κ1) is 21.9. The van der Waals surface area contributed by atoms with Crippen molar-refractivity contribution in [2.24, 2.45) is 0 Å². The summed E-state index contributed by atoms with van der Waals surface area (Å²) in [5.74, 6) is -1.68. The van der Waals surface area contributed by atoms with Gasteiger partial charge in [0.1, 0.15) is 5.82 Å². The maximum atomic E-state index is 13.4. The number of anilines is 1. The Morgan fingerprint density at radius 1 is 0.967 bits per heavy atom. The summed E-state index contributed by atoms with van der Waals surface area (Å²) in [6, 6.07) is 11.7. The zero-order chi connectivity index (χ0) is 21.7. The van der Waals surface area contributed by atoms with Gasteiger partial charge in [-0.3, -0.25) is 14.5 Å². The molecule has 1 atom stereocenters. The van der Waals surface area contributed by atoms with Crippen molar-refractivity contribution in [3.05, 3.63) is 65.0 Å². The van der Waals surface area contributed by atoms with Crippen molar-refractivity contribution < 1.29 is 14.0 Å². The number of hydrogen-bond acceptors (Lipinski definition) is 4. The highest BCUT2D eigenvalue weighted by molar-refractivity contribution is 6.39. The van der Waals surface area contributed by atoms with Crippen LogP contribution in [0.4, 0.5) is 10.1 Å². The standard InChI is InChI=1S/C23H29FN4O2/c1-16-4-9-20(14-17(16)2)26-23(30)22(29)25-15-21(18-5-7-19(24)8-6-18)28-12-10-27(3)11-13-28/h4-9,14,21H,10-13,15H2,1-3H3,(H,25,29)(H,26,30)/t21-/m0/s1. The molecule has 0 saturated carbocycles. The molecule has 3 rings (SSSR count). The van der Waals surface area contributed by atoms with E-state index >= 15 is 0 Å². The average Bonchev–Trinajstić information content (AvgIpc) is 2.73. The maximum Gasteiger partial charge on any atom is 0.313 e. The number of nitrogens with zero attached hydrogens (tertiary/aromatic N) is 2. The lowest BCUT2D eigenvalue weighted by molar-refractivity contribution is -0.136. The number of likely N-dealkylation sites (N-methyl/N-ethyl adjacent to an activating group) is 1. The van der Waals surface area contributed by atoms with Crippen LogP contribution in [0.5, 0.6) is 0 Å². The van der Waals surface area contributed by atoms with E-state index in [1.165, 1.54) is 12.1 Å². The maximum absolute atomic E-state index is 13.4. The summed E-state index contributed by atoms with van der Waals surface area (Å²) in [5.41, 5.74) is 3.66. The first-order valence-corrected chi connectivity index (χ1v) is 10.2. The molecule has 2 N–H and O–H groups in total. The lowest BCUT2D eigenvalue weighted by Crippen LogP contribution is -2.49. The molecule has 0 spiro atoms. The Bertz CT molecular complexity index is 893. The Balaban J connectivity index is 1.65. The van der Waals surface area contributed by atoms with Gasteiger partial charge in [-0.2, -0.15) is 0 Å². The SMILES string of the molecule is Cc1ccc(NC(=O)C(=O)NC[C@@H](c2ccc(F)cc2)N2CCN(C)CC2)cc1C. The van der Waals surface area contributed by atoms with E-state index in [0.717, 1.165) is 42.9 Å². The first-order valence-electron chi connectivity index (χ1n) is 10.2. The van der Waals surface area contributed by atoms with Gasteiger partial charge in [-0.25, -0.2) is 4.39 Å². The van der Waals surface area contributed by atoms with Gasteiger partial charge in [-0.15, -0.1) is 0 Å². The number of carbonyl (C=O) groups excluding carboxylic acids is 2. The van der Waals surface area contributed by atoms with E-state index in [-0.39, 0.29) is 18.4 Å². The van der Waals surface area contributed by atoms with Crippen molar-refractivity contribution >= 4 is 17.5 Å². The molecule has 0 unspecified atom stereocenters. The van der Waals surface area contributed by atoms with Crippen LogP contribution in [0.1, 0.15) is 22.7 Å². The fraction of sp³-hybridized carbons (Fsp3) is 0.391. The van der Waals surface area contributed by atoms with Crippen LogP contribution in [0.3, 0.4) is 0 Å². The van der Waals surface area contributed by atoms with E-state index in [9.17, 15) is 14.0 Å². The quantitative estimate of drug-likeness (QED) is 0.741. The van der Waals surface area contributed by atoms with Gasteiger partial charge in [0.05, 0.1) is 6.04 Å². The molecule has 30 heavy (non-hydrogen) atoms. The molecule has 1 aliphatic rings. The molecule has 1 heterocycles. The van der Waals surface area contributed by atoms with Crippen LogP contribution in [0.25, 0.3) is 0 Å². The topological polar surface area (TPSA) is 64.7 Å². The molecule has 1 fully saturated rings. The minimum absolute atomic E-state index is 0.127. The number of nitrogens with one attached hydrogen (secondary N) is 2. The molecule has 1 aliphatic heterocycles. The van der Waals surface area contributed by atoms with Crippen molar-refractivity contribution in [3.8, 4) is 0 Å². The summed E-state index contributed by atoms with van der Waals surface area (Å²) in [4.78, 5) is 29.2. The Hall–Kier alpha value is -2.77. The van der Waals surface area contributed by atoms with Gasteiger partial charge in [0.15, 0.2) is 0 Å². The molecule has 2 aromatic rings. The molecule has 0 aliphatic carbocycles. The average molecular weight is 413 g/mol. The highest BCUT2D eigenvalue weighted by atomic mass is 19.1. The van der Waals surface area contributed by atoms with Crippen LogP contribution < -0.4 is 10.6 Å². The fourth-order valence-corrected chi connectivity index (χ4v) is 3.55. The zero-order valence-corrected chi connectivity index (χ0v) is 17.7. The summed E-state index contributed by atoms with van der Waals surface area (Å²) < 4.78 is 13.4. The summed E-state index contributed by atoms with van der Waals surface area (Å²) in [7, 11) is 2.07. The number of amides is 2. The van der Waals surface area contributed by atoms with E-state index in [2.05, 4.69) is 27.5 Å². The highest BCUT2D eigenvalue weighted by Gasteiger charge is 2.25. The van der Waals surface area contributed by atoms with Gasteiger partial charge in [-0.1, -0.05) is 18.2 Å². The molecule has 7 heteroatoms. The van der Waals surface area contributed by atoms with Gasteiger partial charge in [-0.05, 0) is 61.9 Å². The molecular weight excluding hydrogens is 383 g/mol. The summed E-state index contributed by atoms with van der Waals surface area (Å²) in [6.07, 6.45) is 0. The Morgan fingerprint density at radius 3 is 2.27 bits per heavy atom. The summed E-state index contributed by atoms with van der Waals surface area (Å²) in [5, 5.41) is 5.40. The summed E-state index contributed by atoms with van der Waals surface area (Å²) >= 11 is 0. The monoisotopic (exact) mass is 412 g/mol. The third-order valence-electron chi connectivity index (χ3n) is 5.66. The number of benzene rings is 2. The second kappa shape index (κ2) is 9.82. The predicted octanol–water partition coefficient (Wildman–Crippen LogP) is 2.49. The van der Waals surface area contributed by atoms with Crippen LogP contribution in [0.15, 0.2) is 42.5 Å². The van der Waals surface area contributed by atoms with Crippen molar-refractivity contribution in [1.29, 1.82) is 0 Å². The molecule has 0 radical (unpaired) electrons. The van der Waals surface area contributed by atoms with Gasteiger partial charge in [0.2, 0.25) is 0 Å². The molecule has 2 amide bonds. The molecule has 0 bridgehead atoms. The molecule has 6 nitrogen and oxygen atoms in total. The molecular formula is C23H29FN4O2. The second-order valence-electron chi connectivity index (χ2n) is 7.87. The number of halogens is 1. The van der Waals surface area contributed by atoms with E-state index < -0.39 is 11.8 Å². The fourth-order valence-electron chi connectivity index (χ4n) is 3.55. The van der Waals surface area contributed by atoms with E-state index in [1.807, 2.05) is 26.0 Å². The lowest BCUT2D eigenvalue weighted by Gasteiger charge is -2.38. The lowest BCUT2D eigenvalue weighted by atomic mass is 10.0. The molecule has 0 aromatic heterocycles. The summed E-state index contributed by atoms with van der Waals surface area (Å²) in [6.45, 7) is 7.72. The van der Waals surface area contributed by atoms with Crippen molar-refractivity contribution in [3.63, 3.8) is 0 Å². The predicted molar refractivity (Wildman–Crippen MR) is 116 cm³/mol. The molecule has 160 valence electrons. The van der Waals surface area contributed by atoms with Gasteiger partial charge in [0, 0.05) is 38.4 Å². The Morgan fingerprint density at radius 2 is 1.63 bits per heavy atom. The smallest absolute Gasteiger partial charge is 0.313 e. The van der Waals surface area contributed by atoms with E-state index in [1.54, 1.807) is 18.2 Å². The van der Waals surface area contributed by atoms with Crippen molar-refractivity contribution in [1.82, 2.24) is 15.1 Å². The van der Waals surface area contributed by atoms with E-state index in [0.29, 0.717) is 5.69 Å². The number of carbonyl (C=O) groups is 2. The third kappa shape index (κ3) is 5.64. The minimum atomic E-state index is -0.700. The van der Waals surface area contributed by atoms with Crippen LogP contribution in [0, 0.1) is 19.7 Å². The first-order chi connectivity index (χ1) is 14.3. The third-order valence-corrected chi connectivity index (χ3v) is 5.66. The Kier molecular flexibility index (Phi) is 7.18. The second-order valence-corrected chi connectivity index (χ2v) is 7.87. The van der Waals surface area contributed by atoms with Crippen LogP contribution in [-0.2, 0) is 9.59 Å². The minimum Gasteiger partial charge on any atom is -0.346 e.